The Bertz CT molecular complexity index is 981. The third-order valence-electron chi connectivity index (χ3n) is 4.91. The Morgan fingerprint density at radius 3 is 2.47 bits per heavy atom. The second kappa shape index (κ2) is 9.08. The van der Waals surface area contributed by atoms with E-state index in [2.05, 4.69) is 30.0 Å². The van der Waals surface area contributed by atoms with E-state index in [-0.39, 0.29) is 6.03 Å². The van der Waals surface area contributed by atoms with Crippen LogP contribution in [0.25, 0.3) is 0 Å². The molecule has 1 aromatic carbocycles. The summed E-state index contributed by atoms with van der Waals surface area (Å²) in [4.78, 5) is 20.6. The summed E-state index contributed by atoms with van der Waals surface area (Å²) < 4.78 is 14.6. The lowest BCUT2D eigenvalue weighted by atomic mass is 10.1. The molecule has 1 aliphatic heterocycles. The molecular formula is C21H24N6O2S. The van der Waals surface area contributed by atoms with Gasteiger partial charge >= 0.3 is 6.03 Å². The number of nitrogens with zero attached hydrogens (tertiary/aromatic N) is 5. The maximum absolute atomic E-state index is 12.7. The van der Waals surface area contributed by atoms with Crippen molar-refractivity contribution < 1.29 is 9.53 Å². The van der Waals surface area contributed by atoms with Crippen LogP contribution in [0.3, 0.4) is 0 Å². The fourth-order valence-corrected chi connectivity index (χ4v) is 3.98. The van der Waals surface area contributed by atoms with Crippen LogP contribution in [0.4, 0.5) is 16.3 Å². The molecule has 4 rings (SSSR count). The van der Waals surface area contributed by atoms with Crippen molar-refractivity contribution in [2.75, 3.05) is 36.4 Å². The summed E-state index contributed by atoms with van der Waals surface area (Å²) in [5.74, 6) is 1.27. The third-order valence-corrected chi connectivity index (χ3v) is 5.41. The van der Waals surface area contributed by atoms with Crippen LogP contribution in [0.2, 0.25) is 0 Å². The number of carbonyl (C=O) groups excluding carboxylic acids is 1. The number of piperazine rings is 1. The fourth-order valence-electron chi connectivity index (χ4n) is 3.46. The second-order valence-electron chi connectivity index (χ2n) is 7.32. The number of urea groups is 1. The first-order valence-corrected chi connectivity index (χ1v) is 10.5. The number of amides is 2. The maximum atomic E-state index is 12.7. The molecular weight excluding hydrogens is 400 g/mol. The number of anilines is 2. The Labute approximate surface area is 179 Å². The first-order valence-electron chi connectivity index (χ1n) is 9.82. The predicted molar refractivity (Wildman–Crippen MR) is 117 cm³/mol. The number of nitrogens with one attached hydrogen (secondary N) is 1. The molecule has 0 atom stereocenters. The van der Waals surface area contributed by atoms with Crippen molar-refractivity contribution >= 4 is 29.3 Å². The van der Waals surface area contributed by atoms with Crippen molar-refractivity contribution in [2.24, 2.45) is 0 Å². The summed E-state index contributed by atoms with van der Waals surface area (Å²) in [5.41, 5.74) is 4.11. The zero-order valence-electron chi connectivity index (χ0n) is 17.0. The van der Waals surface area contributed by atoms with Gasteiger partial charge in [-0.05, 0) is 54.8 Å². The van der Waals surface area contributed by atoms with Crippen LogP contribution in [0.15, 0.2) is 42.7 Å². The minimum Gasteiger partial charge on any atom is -0.470 e. The van der Waals surface area contributed by atoms with Crippen LogP contribution in [-0.2, 0) is 6.61 Å². The fraction of sp³-hybridized carbons (Fsp3) is 0.333. The van der Waals surface area contributed by atoms with Gasteiger partial charge in [-0.3, -0.25) is 4.98 Å². The van der Waals surface area contributed by atoms with Gasteiger partial charge in [-0.15, -0.1) is 4.37 Å². The Morgan fingerprint density at radius 2 is 1.77 bits per heavy atom. The second-order valence-corrected chi connectivity index (χ2v) is 7.85. The van der Waals surface area contributed by atoms with E-state index in [9.17, 15) is 4.79 Å². The molecule has 0 aliphatic carbocycles. The van der Waals surface area contributed by atoms with Gasteiger partial charge < -0.3 is 19.9 Å². The minimum atomic E-state index is -0.0785. The van der Waals surface area contributed by atoms with E-state index in [0.717, 1.165) is 39.9 Å². The van der Waals surface area contributed by atoms with Crippen molar-refractivity contribution in [1.29, 1.82) is 0 Å². The number of pyridine rings is 1. The highest BCUT2D eigenvalue weighted by atomic mass is 32.1. The summed E-state index contributed by atoms with van der Waals surface area (Å²) >= 11 is 1.13. The lowest BCUT2D eigenvalue weighted by Crippen LogP contribution is -2.50. The molecule has 8 nitrogen and oxygen atoms in total. The van der Waals surface area contributed by atoms with E-state index < -0.39 is 0 Å². The summed E-state index contributed by atoms with van der Waals surface area (Å²) in [6.07, 6.45) is 3.47. The third kappa shape index (κ3) is 4.85. The van der Waals surface area contributed by atoms with Gasteiger partial charge in [-0.25, -0.2) is 4.79 Å². The van der Waals surface area contributed by atoms with Crippen molar-refractivity contribution in [1.82, 2.24) is 18.6 Å². The van der Waals surface area contributed by atoms with Crippen molar-refractivity contribution in [2.45, 2.75) is 20.5 Å². The van der Waals surface area contributed by atoms with E-state index in [0.29, 0.717) is 38.7 Å². The van der Waals surface area contributed by atoms with Gasteiger partial charge in [-0.1, -0.05) is 6.07 Å². The minimum absolute atomic E-state index is 0.0785. The number of aryl methyl sites for hydroxylation is 2. The van der Waals surface area contributed by atoms with Gasteiger partial charge in [0.15, 0.2) is 0 Å². The molecule has 1 fully saturated rings. The molecule has 9 heteroatoms. The molecule has 3 aromatic rings. The number of benzene rings is 1. The molecule has 1 aliphatic rings. The first kappa shape index (κ1) is 20.1. The summed E-state index contributed by atoms with van der Waals surface area (Å²) in [6, 6.07) is 9.79. The monoisotopic (exact) mass is 424 g/mol. The Morgan fingerprint density at radius 1 is 1.07 bits per heavy atom. The Balaban J connectivity index is 1.32. The lowest BCUT2D eigenvalue weighted by Gasteiger charge is -2.34. The lowest BCUT2D eigenvalue weighted by molar-refractivity contribution is 0.208. The van der Waals surface area contributed by atoms with E-state index in [1.165, 1.54) is 0 Å². The summed E-state index contributed by atoms with van der Waals surface area (Å²) in [7, 11) is 0. The molecule has 0 radical (unpaired) electrons. The van der Waals surface area contributed by atoms with E-state index >= 15 is 0 Å². The van der Waals surface area contributed by atoms with E-state index in [1.807, 2.05) is 43.0 Å². The topological polar surface area (TPSA) is 83.5 Å². The van der Waals surface area contributed by atoms with Crippen molar-refractivity contribution in [3.8, 4) is 5.88 Å². The number of hydrogen-bond acceptors (Lipinski definition) is 7. The quantitative estimate of drug-likeness (QED) is 0.675. The molecule has 0 saturated carbocycles. The highest BCUT2D eigenvalue weighted by Crippen LogP contribution is 2.27. The van der Waals surface area contributed by atoms with Gasteiger partial charge in [0.2, 0.25) is 5.82 Å². The van der Waals surface area contributed by atoms with Crippen molar-refractivity contribution in [3.63, 3.8) is 0 Å². The SMILES string of the molecule is Cc1cc(C)cc(NC(=O)N2CCN(c3nsnc3OCc3ccncc3)CC2)c1. The molecule has 1 N–H and O–H groups in total. The molecule has 1 saturated heterocycles. The highest BCUT2D eigenvalue weighted by Gasteiger charge is 2.25. The highest BCUT2D eigenvalue weighted by molar-refractivity contribution is 6.99. The van der Waals surface area contributed by atoms with Crippen LogP contribution in [0, 0.1) is 13.8 Å². The molecule has 2 amide bonds. The molecule has 0 unspecified atom stereocenters. The van der Waals surface area contributed by atoms with Crippen LogP contribution < -0.4 is 15.0 Å². The summed E-state index contributed by atoms with van der Waals surface area (Å²) in [5, 5.41) is 3.01. The molecule has 0 spiro atoms. The van der Waals surface area contributed by atoms with Crippen LogP contribution in [-0.4, -0.2) is 50.8 Å². The van der Waals surface area contributed by atoms with E-state index in [4.69, 9.17) is 4.74 Å². The zero-order chi connectivity index (χ0) is 20.9. The van der Waals surface area contributed by atoms with Crippen LogP contribution >= 0.6 is 11.7 Å². The number of rotatable bonds is 5. The van der Waals surface area contributed by atoms with Gasteiger partial charge in [0.05, 0.1) is 11.7 Å². The normalized spacial score (nSPS) is 13.9. The maximum Gasteiger partial charge on any atom is 0.321 e. The van der Waals surface area contributed by atoms with Gasteiger partial charge in [-0.2, -0.15) is 4.37 Å². The molecule has 156 valence electrons. The van der Waals surface area contributed by atoms with Crippen LogP contribution in [0.5, 0.6) is 5.88 Å². The predicted octanol–water partition coefficient (Wildman–Crippen LogP) is 3.48. The average Bonchev–Trinajstić information content (AvgIpc) is 3.21. The zero-order valence-corrected chi connectivity index (χ0v) is 17.9. The standard InChI is InChI=1S/C21H24N6O2S/c1-15-11-16(2)13-18(12-15)23-21(28)27-9-7-26(8-10-27)19-20(25-30-24-19)29-14-17-3-5-22-6-4-17/h3-6,11-13H,7-10,14H2,1-2H3,(H,23,28). The largest absolute Gasteiger partial charge is 0.470 e. The number of hydrogen-bond donors (Lipinski definition) is 1. The number of ether oxygens (including phenoxy) is 1. The average molecular weight is 425 g/mol. The van der Waals surface area contributed by atoms with Gasteiger partial charge in [0.1, 0.15) is 6.61 Å². The number of carbonyl (C=O) groups is 1. The molecule has 3 heterocycles. The Kier molecular flexibility index (Phi) is 6.08. The van der Waals surface area contributed by atoms with Gasteiger partial charge in [0, 0.05) is 44.3 Å². The van der Waals surface area contributed by atoms with Gasteiger partial charge in [0.25, 0.3) is 5.88 Å². The molecule has 30 heavy (non-hydrogen) atoms. The van der Waals surface area contributed by atoms with E-state index in [1.54, 1.807) is 12.4 Å². The molecule has 0 bridgehead atoms. The van der Waals surface area contributed by atoms with Crippen molar-refractivity contribution in [3.05, 3.63) is 59.4 Å². The summed E-state index contributed by atoms with van der Waals surface area (Å²) in [6.45, 7) is 7.04. The smallest absolute Gasteiger partial charge is 0.321 e. The first-order chi connectivity index (χ1) is 14.6. The van der Waals surface area contributed by atoms with Crippen LogP contribution in [0.1, 0.15) is 16.7 Å². The number of aromatic nitrogens is 3. The Hall–Kier alpha value is -3.20. The molecule has 2 aromatic heterocycles.